The summed E-state index contributed by atoms with van der Waals surface area (Å²) in [6, 6.07) is 6.68. The summed E-state index contributed by atoms with van der Waals surface area (Å²) in [5.74, 6) is 2.20. The molecule has 1 aromatic carbocycles. The quantitative estimate of drug-likeness (QED) is 0.683. The maximum absolute atomic E-state index is 5.77. The number of aromatic nitrogens is 2. The van der Waals surface area contributed by atoms with Gasteiger partial charge in [-0.2, -0.15) is 0 Å². The summed E-state index contributed by atoms with van der Waals surface area (Å²) < 4.78 is 17.9. The lowest BCUT2D eigenvalue weighted by Crippen LogP contribution is -2.37. The van der Waals surface area contributed by atoms with Gasteiger partial charge in [0.05, 0.1) is 11.1 Å². The Hall–Kier alpha value is -1.57. The van der Waals surface area contributed by atoms with Gasteiger partial charge in [0.2, 0.25) is 0 Å². The van der Waals surface area contributed by atoms with Crippen molar-refractivity contribution in [2.45, 2.75) is 19.4 Å². The topological polar surface area (TPSA) is 56.7 Å². The second kappa shape index (κ2) is 9.57. The second-order valence-electron chi connectivity index (χ2n) is 6.72. The second-order valence-corrected chi connectivity index (χ2v) is 7.63. The predicted octanol–water partition coefficient (Wildman–Crippen LogP) is 3.72. The Kier molecular flexibility index (Phi) is 7.15. The van der Waals surface area contributed by atoms with Gasteiger partial charge in [-0.25, -0.2) is 9.97 Å². The number of ether oxygens (including phenoxy) is 3. The molecule has 6 nitrogen and oxygen atoms in total. The number of hydrogen-bond donors (Lipinski definition) is 0. The Bertz CT molecular complexity index is 747. The van der Waals surface area contributed by atoms with Crippen LogP contribution in [0.3, 0.4) is 0 Å². The molecule has 1 unspecified atom stereocenters. The Morgan fingerprint density at radius 1 is 1.15 bits per heavy atom. The highest BCUT2D eigenvalue weighted by molar-refractivity contribution is 9.10. The number of piperidine rings is 1. The van der Waals surface area contributed by atoms with Gasteiger partial charge < -0.3 is 14.2 Å². The van der Waals surface area contributed by atoms with Crippen molar-refractivity contribution in [1.82, 2.24) is 14.9 Å². The molecule has 0 N–H and O–H groups in total. The molecule has 146 valence electrons. The smallest absolute Gasteiger partial charge is 0.316 e. The van der Waals surface area contributed by atoms with E-state index >= 15 is 0 Å². The Labute approximate surface area is 173 Å². The van der Waals surface area contributed by atoms with Crippen LogP contribution in [0.2, 0.25) is 0 Å². The minimum Gasteiger partial charge on any atom is -0.486 e. The number of halogens is 2. The first-order chi connectivity index (χ1) is 12.8. The average molecular weight is 457 g/mol. The van der Waals surface area contributed by atoms with Crippen LogP contribution in [-0.4, -0.2) is 47.8 Å². The fraction of sp³-hybridized carbons (Fsp3) is 0.474. The molecule has 2 aromatic rings. The largest absolute Gasteiger partial charge is 0.486 e. The van der Waals surface area contributed by atoms with E-state index < -0.39 is 0 Å². The first-order valence-electron chi connectivity index (χ1n) is 8.97. The summed E-state index contributed by atoms with van der Waals surface area (Å²) in [4.78, 5) is 10.8. The third kappa shape index (κ3) is 5.46. The molecule has 2 aliphatic heterocycles. The van der Waals surface area contributed by atoms with Gasteiger partial charge in [0.15, 0.2) is 11.5 Å². The number of hydrogen-bond acceptors (Lipinski definition) is 6. The molecule has 0 bridgehead atoms. The van der Waals surface area contributed by atoms with Gasteiger partial charge in [-0.05, 0) is 53.0 Å². The van der Waals surface area contributed by atoms with Crippen LogP contribution >= 0.6 is 28.3 Å². The molecule has 1 saturated heterocycles. The predicted molar refractivity (Wildman–Crippen MR) is 108 cm³/mol. The van der Waals surface area contributed by atoms with Crippen LogP contribution in [-0.2, 0) is 6.54 Å². The highest BCUT2D eigenvalue weighted by Crippen LogP contribution is 2.31. The zero-order valence-corrected chi connectivity index (χ0v) is 17.4. The lowest BCUT2D eigenvalue weighted by molar-refractivity contribution is 0.120. The van der Waals surface area contributed by atoms with E-state index in [1.54, 1.807) is 12.4 Å². The third-order valence-corrected chi connectivity index (χ3v) is 5.07. The summed E-state index contributed by atoms with van der Waals surface area (Å²) in [5.41, 5.74) is 1.26. The molecule has 0 amide bonds. The van der Waals surface area contributed by atoms with E-state index in [-0.39, 0.29) is 12.4 Å². The standard InChI is InChI=1S/C19H22BrN3O3.ClH/c20-16-9-21-19(22-10-16)26-13-15-2-1-5-23(12-15)11-14-3-4-17-18(8-14)25-7-6-24-17;/h3-4,8-10,15H,1-2,5-7,11-13H2;1H. The minimum absolute atomic E-state index is 0. The Morgan fingerprint density at radius 3 is 2.74 bits per heavy atom. The average Bonchev–Trinajstić information content (AvgIpc) is 2.68. The van der Waals surface area contributed by atoms with Crippen molar-refractivity contribution < 1.29 is 14.2 Å². The normalized spacial score (nSPS) is 19.2. The highest BCUT2D eigenvalue weighted by atomic mass is 79.9. The van der Waals surface area contributed by atoms with Crippen LogP contribution in [0.15, 0.2) is 35.1 Å². The van der Waals surface area contributed by atoms with Crippen LogP contribution in [0, 0.1) is 5.92 Å². The van der Waals surface area contributed by atoms with E-state index in [9.17, 15) is 0 Å². The molecule has 0 saturated carbocycles. The molecule has 4 rings (SSSR count). The number of nitrogens with zero attached hydrogens (tertiary/aromatic N) is 3. The summed E-state index contributed by atoms with van der Waals surface area (Å²) in [7, 11) is 0. The van der Waals surface area contributed by atoms with Crippen LogP contribution in [0.5, 0.6) is 17.5 Å². The maximum atomic E-state index is 5.77. The van der Waals surface area contributed by atoms with Crippen LogP contribution in [0.4, 0.5) is 0 Å². The first-order valence-corrected chi connectivity index (χ1v) is 9.77. The zero-order valence-electron chi connectivity index (χ0n) is 15.0. The number of likely N-dealkylation sites (tertiary alicyclic amines) is 1. The molecular weight excluding hydrogens is 434 g/mol. The van der Waals surface area contributed by atoms with E-state index in [1.807, 2.05) is 6.07 Å². The third-order valence-electron chi connectivity index (χ3n) is 4.66. The zero-order chi connectivity index (χ0) is 17.8. The van der Waals surface area contributed by atoms with E-state index in [1.165, 1.54) is 18.4 Å². The SMILES string of the molecule is Brc1cnc(OCC2CCCN(Cc3ccc4c(c3)OCCO4)C2)nc1.Cl. The van der Waals surface area contributed by atoms with Gasteiger partial charge in [0.1, 0.15) is 13.2 Å². The Balaban J connectivity index is 0.00000210. The van der Waals surface area contributed by atoms with Crippen LogP contribution in [0.1, 0.15) is 18.4 Å². The molecule has 8 heteroatoms. The van der Waals surface area contributed by atoms with Crippen LogP contribution in [0.25, 0.3) is 0 Å². The van der Waals surface area contributed by atoms with E-state index in [4.69, 9.17) is 14.2 Å². The van der Waals surface area contributed by atoms with Gasteiger partial charge in [-0.15, -0.1) is 12.4 Å². The monoisotopic (exact) mass is 455 g/mol. The fourth-order valence-electron chi connectivity index (χ4n) is 3.44. The molecule has 2 aliphatic rings. The number of rotatable bonds is 5. The lowest BCUT2D eigenvalue weighted by Gasteiger charge is -2.32. The summed E-state index contributed by atoms with van der Waals surface area (Å²) in [6.07, 6.45) is 5.77. The summed E-state index contributed by atoms with van der Waals surface area (Å²) in [5, 5.41) is 0. The van der Waals surface area contributed by atoms with Crippen molar-refractivity contribution >= 4 is 28.3 Å². The van der Waals surface area contributed by atoms with Crippen molar-refractivity contribution in [2.75, 3.05) is 32.9 Å². The molecule has 27 heavy (non-hydrogen) atoms. The van der Waals surface area contributed by atoms with Crippen molar-refractivity contribution in [3.8, 4) is 17.5 Å². The van der Waals surface area contributed by atoms with E-state index in [0.29, 0.717) is 31.7 Å². The van der Waals surface area contributed by atoms with Gasteiger partial charge in [0, 0.05) is 31.4 Å². The van der Waals surface area contributed by atoms with Crippen molar-refractivity contribution in [2.24, 2.45) is 5.92 Å². The summed E-state index contributed by atoms with van der Waals surface area (Å²) >= 11 is 3.33. The molecule has 3 heterocycles. The van der Waals surface area contributed by atoms with Crippen LogP contribution < -0.4 is 14.2 Å². The maximum Gasteiger partial charge on any atom is 0.316 e. The first kappa shape index (κ1) is 20.2. The minimum atomic E-state index is 0. The van der Waals surface area contributed by atoms with Gasteiger partial charge in [-0.3, -0.25) is 4.90 Å². The molecule has 0 aliphatic carbocycles. The molecule has 1 fully saturated rings. The Morgan fingerprint density at radius 2 is 1.93 bits per heavy atom. The van der Waals surface area contributed by atoms with Crippen molar-refractivity contribution in [3.05, 3.63) is 40.6 Å². The van der Waals surface area contributed by atoms with Gasteiger partial charge in [0.25, 0.3) is 0 Å². The lowest BCUT2D eigenvalue weighted by atomic mass is 9.98. The van der Waals surface area contributed by atoms with E-state index in [2.05, 4.69) is 42.9 Å². The fourth-order valence-corrected chi connectivity index (χ4v) is 3.65. The van der Waals surface area contributed by atoms with Crippen molar-refractivity contribution in [3.63, 3.8) is 0 Å². The van der Waals surface area contributed by atoms with Gasteiger partial charge in [-0.1, -0.05) is 6.07 Å². The molecular formula is C19H23BrClN3O3. The molecule has 1 atom stereocenters. The molecule has 1 aromatic heterocycles. The highest BCUT2D eigenvalue weighted by Gasteiger charge is 2.21. The molecule has 0 spiro atoms. The van der Waals surface area contributed by atoms with Gasteiger partial charge >= 0.3 is 6.01 Å². The number of fused-ring (bicyclic) bond motifs is 1. The van der Waals surface area contributed by atoms with Crippen molar-refractivity contribution in [1.29, 1.82) is 0 Å². The number of benzene rings is 1. The van der Waals surface area contributed by atoms with E-state index in [0.717, 1.165) is 35.6 Å². The summed E-state index contributed by atoms with van der Waals surface area (Å²) in [6.45, 7) is 4.95. The molecule has 0 radical (unpaired) electrons.